The molecule has 1 aromatic carbocycles. The molecule has 40 heavy (non-hydrogen) atoms. The van der Waals surface area contributed by atoms with Crippen LogP contribution in [0, 0.1) is 11.6 Å². The Morgan fingerprint density at radius 1 is 0.950 bits per heavy atom. The predicted molar refractivity (Wildman–Crippen MR) is 145 cm³/mol. The first-order valence-corrected chi connectivity index (χ1v) is 13.5. The molecule has 0 radical (unpaired) electrons. The standard InChI is InChI=1S/C29H32F2N6O3/c1-28(2,38)29(3,39)25-13-22-23(15-32-25)35-27(26(34-22)17-14-33-37(16-17)19-5-6-19)36-10-8-20(9-11-36)40-24-7-4-18(30)12-21(24)31/h4,7,12-16,19-20,38-39H,5-6,8-11H2,1-3H3/t29-/m0/s1. The molecule has 1 saturated heterocycles. The number of hydrogen-bond donors (Lipinski definition) is 2. The van der Waals surface area contributed by atoms with Crippen molar-refractivity contribution in [3.8, 4) is 17.0 Å². The molecule has 3 aromatic heterocycles. The van der Waals surface area contributed by atoms with Crippen LogP contribution in [-0.4, -0.2) is 59.7 Å². The van der Waals surface area contributed by atoms with E-state index in [9.17, 15) is 19.0 Å². The van der Waals surface area contributed by atoms with Gasteiger partial charge in [-0.2, -0.15) is 5.10 Å². The molecule has 0 unspecified atom stereocenters. The summed E-state index contributed by atoms with van der Waals surface area (Å²) < 4.78 is 35.2. The second-order valence-electron chi connectivity index (χ2n) is 11.4. The number of ether oxygens (including phenoxy) is 1. The average molecular weight is 551 g/mol. The van der Waals surface area contributed by atoms with Crippen molar-refractivity contribution in [2.45, 2.75) is 69.8 Å². The minimum atomic E-state index is -1.61. The highest BCUT2D eigenvalue weighted by molar-refractivity contribution is 5.83. The fourth-order valence-corrected chi connectivity index (χ4v) is 4.88. The van der Waals surface area contributed by atoms with Crippen LogP contribution < -0.4 is 9.64 Å². The van der Waals surface area contributed by atoms with E-state index in [0.29, 0.717) is 60.2 Å². The van der Waals surface area contributed by atoms with Crippen LogP contribution in [0.15, 0.2) is 42.9 Å². The molecule has 210 valence electrons. The molecule has 0 spiro atoms. The number of rotatable bonds is 7. The highest BCUT2D eigenvalue weighted by Gasteiger charge is 2.41. The molecule has 4 heterocycles. The van der Waals surface area contributed by atoms with Crippen LogP contribution in [0.25, 0.3) is 22.3 Å². The van der Waals surface area contributed by atoms with Crippen LogP contribution in [-0.2, 0) is 5.60 Å². The van der Waals surface area contributed by atoms with E-state index in [0.717, 1.165) is 24.5 Å². The van der Waals surface area contributed by atoms with E-state index in [4.69, 9.17) is 14.7 Å². The molecule has 1 atom stereocenters. The summed E-state index contributed by atoms with van der Waals surface area (Å²) in [6, 6.07) is 5.40. The average Bonchev–Trinajstić information content (AvgIpc) is 3.65. The molecule has 9 nitrogen and oxygen atoms in total. The van der Waals surface area contributed by atoms with Crippen molar-refractivity contribution < 1.29 is 23.7 Å². The van der Waals surface area contributed by atoms with Crippen molar-refractivity contribution in [1.82, 2.24) is 24.7 Å². The lowest BCUT2D eigenvalue weighted by Gasteiger charge is -2.35. The lowest BCUT2D eigenvalue weighted by Crippen LogP contribution is -2.45. The summed E-state index contributed by atoms with van der Waals surface area (Å²) in [4.78, 5) is 16.4. The summed E-state index contributed by atoms with van der Waals surface area (Å²) in [7, 11) is 0. The largest absolute Gasteiger partial charge is 0.487 e. The highest BCUT2D eigenvalue weighted by Crippen LogP contribution is 2.38. The molecule has 6 rings (SSSR count). The van der Waals surface area contributed by atoms with Crippen LogP contribution in [0.5, 0.6) is 5.75 Å². The molecule has 2 N–H and O–H groups in total. The molecule has 11 heteroatoms. The first-order chi connectivity index (χ1) is 19.0. The number of hydrogen-bond acceptors (Lipinski definition) is 8. The van der Waals surface area contributed by atoms with Gasteiger partial charge in [-0.25, -0.2) is 18.7 Å². The Labute approximate surface area is 230 Å². The van der Waals surface area contributed by atoms with Gasteiger partial charge in [-0.15, -0.1) is 0 Å². The first-order valence-electron chi connectivity index (χ1n) is 13.5. The lowest BCUT2D eigenvalue weighted by molar-refractivity contribution is -0.127. The van der Waals surface area contributed by atoms with E-state index in [1.54, 1.807) is 18.5 Å². The number of halogens is 2. The lowest BCUT2D eigenvalue weighted by atomic mass is 9.84. The molecular formula is C29H32F2N6O3. The number of aliphatic hydroxyl groups is 2. The molecule has 4 aromatic rings. The summed E-state index contributed by atoms with van der Waals surface area (Å²) in [5.41, 5.74) is -0.171. The van der Waals surface area contributed by atoms with E-state index >= 15 is 0 Å². The highest BCUT2D eigenvalue weighted by atomic mass is 19.1. The Bertz CT molecular complexity index is 1560. The van der Waals surface area contributed by atoms with Crippen molar-refractivity contribution in [2.24, 2.45) is 0 Å². The van der Waals surface area contributed by atoms with Gasteiger partial charge in [0, 0.05) is 43.8 Å². The van der Waals surface area contributed by atoms with Gasteiger partial charge in [0.2, 0.25) is 0 Å². The van der Waals surface area contributed by atoms with Gasteiger partial charge in [0.25, 0.3) is 0 Å². The smallest absolute Gasteiger partial charge is 0.167 e. The van der Waals surface area contributed by atoms with Gasteiger partial charge in [0.15, 0.2) is 17.4 Å². The number of anilines is 1. The predicted octanol–water partition coefficient (Wildman–Crippen LogP) is 4.53. The van der Waals surface area contributed by atoms with Crippen molar-refractivity contribution in [3.63, 3.8) is 0 Å². The summed E-state index contributed by atoms with van der Waals surface area (Å²) in [5.74, 6) is -0.633. The third kappa shape index (κ3) is 4.99. The molecule has 0 amide bonds. The zero-order chi connectivity index (χ0) is 28.2. The maximum Gasteiger partial charge on any atom is 0.167 e. The summed E-state index contributed by atoms with van der Waals surface area (Å²) in [6.45, 7) is 5.77. The zero-order valence-corrected chi connectivity index (χ0v) is 22.7. The second kappa shape index (κ2) is 9.74. The first kappa shape index (κ1) is 26.5. The fraction of sp³-hybridized carbons (Fsp3) is 0.448. The Morgan fingerprint density at radius 3 is 2.38 bits per heavy atom. The van der Waals surface area contributed by atoms with E-state index in [1.165, 1.54) is 32.9 Å². The Hall–Kier alpha value is -3.70. The zero-order valence-electron chi connectivity index (χ0n) is 22.7. The quantitative estimate of drug-likeness (QED) is 0.346. The summed E-state index contributed by atoms with van der Waals surface area (Å²) in [5, 5.41) is 26.1. The van der Waals surface area contributed by atoms with Gasteiger partial charge < -0.3 is 19.8 Å². The number of nitrogens with zero attached hydrogens (tertiary/aromatic N) is 6. The SMILES string of the molecule is CC(C)(O)[C@@](C)(O)c1cc2nc(-c3cnn(C4CC4)c3)c(N3CCC(Oc4ccc(F)cc4F)CC3)nc2cn1. The molecule has 1 aliphatic carbocycles. The second-order valence-corrected chi connectivity index (χ2v) is 11.4. The summed E-state index contributed by atoms with van der Waals surface area (Å²) in [6.07, 6.45) is 8.54. The van der Waals surface area contributed by atoms with Gasteiger partial charge in [0.05, 0.1) is 35.2 Å². The van der Waals surface area contributed by atoms with Gasteiger partial charge in [0.1, 0.15) is 28.7 Å². The van der Waals surface area contributed by atoms with Gasteiger partial charge in [-0.1, -0.05) is 0 Å². The molecular weight excluding hydrogens is 518 g/mol. The number of aromatic nitrogens is 5. The minimum absolute atomic E-state index is 0.0438. The third-order valence-corrected chi connectivity index (χ3v) is 7.95. The fourth-order valence-electron chi connectivity index (χ4n) is 4.88. The molecule has 0 bridgehead atoms. The molecule has 1 aliphatic heterocycles. The van der Waals surface area contributed by atoms with Crippen LogP contribution in [0.2, 0.25) is 0 Å². The Morgan fingerprint density at radius 2 is 1.70 bits per heavy atom. The topological polar surface area (TPSA) is 109 Å². The monoisotopic (exact) mass is 550 g/mol. The number of benzene rings is 1. The normalized spacial score (nSPS) is 18.2. The van der Waals surface area contributed by atoms with Gasteiger partial charge in [-0.3, -0.25) is 9.67 Å². The number of pyridine rings is 1. The maximum atomic E-state index is 14.1. The van der Waals surface area contributed by atoms with Crippen molar-refractivity contribution in [2.75, 3.05) is 18.0 Å². The minimum Gasteiger partial charge on any atom is -0.487 e. The molecule has 2 aliphatic rings. The number of piperidine rings is 1. The van der Waals surface area contributed by atoms with E-state index in [2.05, 4.69) is 15.0 Å². The van der Waals surface area contributed by atoms with Gasteiger partial charge >= 0.3 is 0 Å². The molecule has 1 saturated carbocycles. The molecule has 2 fully saturated rings. The van der Waals surface area contributed by atoms with Gasteiger partial charge in [-0.05, 0) is 51.8 Å². The Balaban J connectivity index is 1.32. The van der Waals surface area contributed by atoms with Crippen LogP contribution >= 0.6 is 0 Å². The maximum absolute atomic E-state index is 14.1. The number of fused-ring (bicyclic) bond motifs is 1. The van der Waals surface area contributed by atoms with Crippen LogP contribution in [0.3, 0.4) is 0 Å². The van der Waals surface area contributed by atoms with Crippen molar-refractivity contribution in [3.05, 3.63) is 60.2 Å². The van der Waals surface area contributed by atoms with E-state index in [-0.39, 0.29) is 11.9 Å². The van der Waals surface area contributed by atoms with Crippen molar-refractivity contribution >= 4 is 16.9 Å². The Kier molecular flexibility index (Phi) is 6.46. The van der Waals surface area contributed by atoms with Crippen molar-refractivity contribution in [1.29, 1.82) is 0 Å². The van der Waals surface area contributed by atoms with E-state index in [1.807, 2.05) is 10.9 Å². The van der Waals surface area contributed by atoms with Crippen LogP contribution in [0.4, 0.5) is 14.6 Å². The summed E-state index contributed by atoms with van der Waals surface area (Å²) >= 11 is 0. The van der Waals surface area contributed by atoms with E-state index < -0.39 is 22.8 Å². The van der Waals surface area contributed by atoms with Crippen LogP contribution in [0.1, 0.15) is 58.2 Å². The third-order valence-electron chi connectivity index (χ3n) is 7.95.